The minimum atomic E-state index is -0.866. The number of carbonyl (C=O) groups is 2. The largest absolute Gasteiger partial charge is 0.508 e. The van der Waals surface area contributed by atoms with Crippen molar-refractivity contribution in [3.05, 3.63) is 100 Å². The number of hydrogen-bond donors (Lipinski definition) is 4. The number of hydrogen-bond acceptors (Lipinski definition) is 6. The Bertz CT molecular complexity index is 1580. The molecule has 0 unspecified atom stereocenters. The van der Waals surface area contributed by atoms with Crippen LogP contribution in [0.4, 0.5) is 17.1 Å². The fraction of sp³-hybridized carbons (Fsp3) is 0.351. The zero-order valence-electron chi connectivity index (χ0n) is 25.7. The smallest absolute Gasteiger partial charge is 0.238 e. The molecule has 2 aliphatic rings. The summed E-state index contributed by atoms with van der Waals surface area (Å²) in [6.07, 6.45) is 4.77. The first-order chi connectivity index (χ1) is 21.7. The Morgan fingerprint density at radius 3 is 2.38 bits per heavy atom. The molecule has 4 atom stereocenters. The van der Waals surface area contributed by atoms with Gasteiger partial charge in [0.25, 0.3) is 0 Å². The van der Waals surface area contributed by atoms with Gasteiger partial charge in [-0.15, -0.1) is 0 Å². The molecule has 0 saturated carbocycles. The molecule has 0 aromatic heterocycles. The van der Waals surface area contributed by atoms with E-state index >= 15 is 0 Å². The quantitative estimate of drug-likeness (QED) is 0.121. The fourth-order valence-electron chi connectivity index (χ4n) is 6.82. The number of carbonyl (C=O) groups excluding carboxylic acids is 2. The van der Waals surface area contributed by atoms with Gasteiger partial charge in [-0.05, 0) is 97.8 Å². The number of halogens is 1. The molecule has 1 saturated heterocycles. The molecule has 45 heavy (non-hydrogen) atoms. The highest BCUT2D eigenvalue weighted by Gasteiger charge is 2.55. The highest BCUT2D eigenvalue weighted by molar-refractivity contribution is 6.32. The molecule has 2 amide bonds. The lowest BCUT2D eigenvalue weighted by Crippen LogP contribution is -2.39. The average molecular weight is 629 g/mol. The van der Waals surface area contributed by atoms with Gasteiger partial charge < -0.3 is 20.6 Å². The van der Waals surface area contributed by atoms with Crippen molar-refractivity contribution >= 4 is 46.6 Å². The van der Waals surface area contributed by atoms with Crippen molar-refractivity contribution in [2.45, 2.75) is 58.5 Å². The standard InChI is InChI=1S/C37H41ClN2O5/c1-3-8-25-20-30-35(37(45)40(36(30)44)28-15-13-27(14-16-28)39-26-9-6-5-7-10-26)31(22-41)34(25)33(43)18-11-23(4-2)19-24-12-17-29(42)21-32(24)38/h5-7,9-10,12-17,19,21,30-31,33,35,39,41-43H,3-4,8,11,18,20,22H2,1-2H3/b23-19+/t30-,31+,33-,35-/m1/s1. The van der Waals surface area contributed by atoms with E-state index in [0.717, 1.165) is 40.9 Å². The van der Waals surface area contributed by atoms with Crippen LogP contribution in [0.1, 0.15) is 57.9 Å². The van der Waals surface area contributed by atoms with Crippen molar-refractivity contribution in [3.63, 3.8) is 0 Å². The second kappa shape index (κ2) is 14.5. The van der Waals surface area contributed by atoms with Crippen LogP contribution in [-0.2, 0) is 9.59 Å². The highest BCUT2D eigenvalue weighted by Crippen LogP contribution is 2.48. The number of imide groups is 1. The summed E-state index contributed by atoms with van der Waals surface area (Å²) in [5.74, 6) is -2.42. The van der Waals surface area contributed by atoms with Gasteiger partial charge in [0.2, 0.25) is 11.8 Å². The number of aromatic hydroxyl groups is 1. The van der Waals surface area contributed by atoms with E-state index in [1.807, 2.05) is 55.5 Å². The van der Waals surface area contributed by atoms with Crippen LogP contribution in [0.2, 0.25) is 5.02 Å². The van der Waals surface area contributed by atoms with Crippen molar-refractivity contribution in [3.8, 4) is 5.75 Å². The van der Waals surface area contributed by atoms with Crippen LogP contribution in [-0.4, -0.2) is 39.8 Å². The Labute approximate surface area is 269 Å². The number of allylic oxidation sites excluding steroid dienone is 2. The molecule has 0 radical (unpaired) electrons. The first-order valence-corrected chi connectivity index (χ1v) is 16.1. The number of phenolic OH excluding ortho intramolecular Hbond substituents is 1. The highest BCUT2D eigenvalue weighted by atomic mass is 35.5. The number of amides is 2. The summed E-state index contributed by atoms with van der Waals surface area (Å²) in [7, 11) is 0. The van der Waals surface area contributed by atoms with E-state index in [-0.39, 0.29) is 24.2 Å². The number of rotatable bonds is 12. The van der Waals surface area contributed by atoms with Crippen LogP contribution in [0.25, 0.3) is 6.08 Å². The zero-order chi connectivity index (χ0) is 32.1. The van der Waals surface area contributed by atoms with Crippen LogP contribution >= 0.6 is 11.6 Å². The predicted molar refractivity (Wildman–Crippen MR) is 179 cm³/mol. The number of para-hydroxylation sites is 1. The number of nitrogens with zero attached hydrogens (tertiary/aromatic N) is 1. The summed E-state index contributed by atoms with van der Waals surface area (Å²) >= 11 is 6.32. The second-order valence-corrected chi connectivity index (χ2v) is 12.3. The summed E-state index contributed by atoms with van der Waals surface area (Å²) < 4.78 is 0. The molecular formula is C37H41ClN2O5. The Kier molecular flexibility index (Phi) is 10.4. The molecule has 1 fully saturated rings. The topological polar surface area (TPSA) is 110 Å². The number of fused-ring (bicyclic) bond motifs is 1. The minimum Gasteiger partial charge on any atom is -0.508 e. The van der Waals surface area contributed by atoms with Gasteiger partial charge in [0.05, 0.1) is 35.3 Å². The number of phenols is 1. The first kappa shape index (κ1) is 32.5. The molecule has 0 spiro atoms. The van der Waals surface area contributed by atoms with Crippen LogP contribution < -0.4 is 10.2 Å². The minimum absolute atomic E-state index is 0.0993. The first-order valence-electron chi connectivity index (χ1n) is 15.7. The summed E-state index contributed by atoms with van der Waals surface area (Å²) in [5.41, 5.74) is 5.82. The molecule has 3 aromatic rings. The molecule has 0 bridgehead atoms. The molecule has 1 heterocycles. The van der Waals surface area contributed by atoms with E-state index < -0.39 is 23.9 Å². The van der Waals surface area contributed by atoms with Crippen LogP contribution in [0.15, 0.2) is 89.5 Å². The number of benzene rings is 3. The van der Waals surface area contributed by atoms with E-state index in [0.29, 0.717) is 42.0 Å². The Morgan fingerprint density at radius 2 is 1.73 bits per heavy atom. The van der Waals surface area contributed by atoms with Crippen molar-refractivity contribution in [2.24, 2.45) is 17.8 Å². The second-order valence-electron chi connectivity index (χ2n) is 11.9. The summed E-state index contributed by atoms with van der Waals surface area (Å²) in [5, 5.41) is 35.7. The van der Waals surface area contributed by atoms with E-state index in [9.17, 15) is 24.9 Å². The molecule has 3 aromatic carbocycles. The average Bonchev–Trinajstić information content (AvgIpc) is 3.29. The van der Waals surface area contributed by atoms with Gasteiger partial charge in [0.1, 0.15) is 5.75 Å². The lowest BCUT2D eigenvalue weighted by molar-refractivity contribution is -0.123. The summed E-state index contributed by atoms with van der Waals surface area (Å²) in [6, 6.07) is 21.8. The van der Waals surface area contributed by atoms with Gasteiger partial charge in [-0.1, -0.05) is 67.3 Å². The predicted octanol–water partition coefficient (Wildman–Crippen LogP) is 7.64. The maximum Gasteiger partial charge on any atom is 0.238 e. The van der Waals surface area contributed by atoms with Gasteiger partial charge in [-0.25, -0.2) is 0 Å². The lowest BCUT2D eigenvalue weighted by Gasteiger charge is -2.36. The number of anilines is 3. The molecule has 236 valence electrons. The third-order valence-electron chi connectivity index (χ3n) is 9.02. The van der Waals surface area contributed by atoms with Gasteiger partial charge in [-0.2, -0.15) is 0 Å². The van der Waals surface area contributed by atoms with E-state index in [4.69, 9.17) is 11.6 Å². The third kappa shape index (κ3) is 7.01. The fourth-order valence-corrected chi connectivity index (χ4v) is 7.05. The SMILES string of the molecule is CCCC1=C([C@H](O)CC/C(=C/c2ccc(O)cc2Cl)CC)[C@H](CO)[C@@H]2C(=O)N(c3ccc(Nc4ccccc4)cc3)C(=O)[C@@H]2C1. The van der Waals surface area contributed by atoms with Crippen LogP contribution in [0, 0.1) is 17.8 Å². The van der Waals surface area contributed by atoms with Gasteiger partial charge in [-0.3, -0.25) is 14.5 Å². The Morgan fingerprint density at radius 1 is 1.02 bits per heavy atom. The molecule has 7 nitrogen and oxygen atoms in total. The normalized spacial score (nSPS) is 20.9. The van der Waals surface area contributed by atoms with Crippen LogP contribution in [0.3, 0.4) is 0 Å². The molecule has 1 aliphatic heterocycles. The van der Waals surface area contributed by atoms with Gasteiger partial charge in [0.15, 0.2) is 0 Å². The van der Waals surface area contributed by atoms with E-state index in [2.05, 4.69) is 12.2 Å². The third-order valence-corrected chi connectivity index (χ3v) is 9.34. The van der Waals surface area contributed by atoms with E-state index in [1.165, 1.54) is 11.0 Å². The van der Waals surface area contributed by atoms with Crippen molar-refractivity contribution in [1.82, 2.24) is 0 Å². The summed E-state index contributed by atoms with van der Waals surface area (Å²) in [4.78, 5) is 29.0. The summed E-state index contributed by atoms with van der Waals surface area (Å²) in [6.45, 7) is 3.76. The Hall–Kier alpha value is -3.91. The van der Waals surface area contributed by atoms with Crippen molar-refractivity contribution in [2.75, 3.05) is 16.8 Å². The molecule has 4 N–H and O–H groups in total. The molecule has 8 heteroatoms. The van der Waals surface area contributed by atoms with E-state index in [1.54, 1.807) is 24.3 Å². The molecular weight excluding hydrogens is 588 g/mol. The molecule has 5 rings (SSSR count). The number of aliphatic hydroxyl groups is 2. The van der Waals surface area contributed by atoms with Crippen molar-refractivity contribution < 1.29 is 24.9 Å². The maximum atomic E-state index is 13.9. The van der Waals surface area contributed by atoms with Crippen LogP contribution in [0.5, 0.6) is 5.75 Å². The van der Waals surface area contributed by atoms with Gasteiger partial charge >= 0.3 is 0 Å². The lowest BCUT2D eigenvalue weighted by atomic mass is 9.67. The maximum absolute atomic E-state index is 13.9. The monoisotopic (exact) mass is 628 g/mol. The number of nitrogens with one attached hydrogen (secondary N) is 1. The molecule has 1 aliphatic carbocycles. The Balaban J connectivity index is 1.36. The van der Waals surface area contributed by atoms with Gasteiger partial charge in [0, 0.05) is 17.3 Å². The van der Waals surface area contributed by atoms with Crippen molar-refractivity contribution in [1.29, 1.82) is 0 Å². The number of aliphatic hydroxyl groups excluding tert-OH is 2. The zero-order valence-corrected chi connectivity index (χ0v) is 26.5.